The zero-order valence-corrected chi connectivity index (χ0v) is 15.1. The second-order valence-electron chi connectivity index (χ2n) is 7.88. The molecule has 2 nitrogen and oxygen atoms in total. The second-order valence-corrected chi connectivity index (χ2v) is 7.88. The number of hydrogen-bond donors (Lipinski definition) is 1. The Hall–Kier alpha value is -1.85. The van der Waals surface area contributed by atoms with Crippen LogP contribution in [0.25, 0.3) is 0 Å². The van der Waals surface area contributed by atoms with Gasteiger partial charge in [-0.05, 0) is 42.9 Å². The highest BCUT2D eigenvalue weighted by Crippen LogP contribution is 2.47. The van der Waals surface area contributed by atoms with Crippen molar-refractivity contribution < 1.29 is 18.3 Å². The highest BCUT2D eigenvalue weighted by atomic mass is 19.4. The van der Waals surface area contributed by atoms with Gasteiger partial charge in [-0.15, -0.1) is 0 Å². The number of aliphatic hydroxyl groups is 1. The van der Waals surface area contributed by atoms with Crippen LogP contribution in [0, 0.1) is 0 Å². The molecule has 0 amide bonds. The number of fused-ring (bicyclic) bond motifs is 2. The van der Waals surface area contributed by atoms with Gasteiger partial charge in [0, 0.05) is 18.6 Å². The first-order chi connectivity index (χ1) is 12.9. The van der Waals surface area contributed by atoms with E-state index >= 15 is 0 Å². The molecule has 2 bridgehead atoms. The van der Waals surface area contributed by atoms with E-state index in [-0.39, 0.29) is 17.6 Å². The van der Waals surface area contributed by atoms with Crippen LogP contribution in [0.15, 0.2) is 54.6 Å². The third-order valence-electron chi connectivity index (χ3n) is 6.10. The van der Waals surface area contributed by atoms with Crippen molar-refractivity contribution in [2.45, 2.75) is 62.5 Å². The fourth-order valence-electron chi connectivity index (χ4n) is 4.93. The molecule has 5 heteroatoms. The van der Waals surface area contributed by atoms with E-state index in [1.54, 1.807) is 6.07 Å². The third-order valence-corrected chi connectivity index (χ3v) is 6.10. The summed E-state index contributed by atoms with van der Waals surface area (Å²) in [6.45, 7) is 0.785. The molecule has 27 heavy (non-hydrogen) atoms. The Kier molecular flexibility index (Phi) is 4.77. The lowest BCUT2D eigenvalue weighted by atomic mass is 9.71. The van der Waals surface area contributed by atoms with Gasteiger partial charge >= 0.3 is 6.18 Å². The van der Waals surface area contributed by atoms with Gasteiger partial charge in [-0.1, -0.05) is 55.0 Å². The van der Waals surface area contributed by atoms with E-state index in [9.17, 15) is 18.3 Å². The van der Waals surface area contributed by atoms with E-state index in [1.807, 2.05) is 18.2 Å². The van der Waals surface area contributed by atoms with Crippen molar-refractivity contribution in [3.8, 4) is 0 Å². The molecule has 0 radical (unpaired) electrons. The van der Waals surface area contributed by atoms with Gasteiger partial charge in [0.15, 0.2) is 0 Å². The summed E-state index contributed by atoms with van der Waals surface area (Å²) in [5, 5.41) is 11.3. The van der Waals surface area contributed by atoms with E-state index in [0.29, 0.717) is 12.8 Å². The van der Waals surface area contributed by atoms with Crippen LogP contribution in [0.4, 0.5) is 13.2 Å². The Morgan fingerprint density at radius 2 is 1.52 bits per heavy atom. The number of piperidine rings is 2. The molecule has 2 atom stereocenters. The average Bonchev–Trinajstić information content (AvgIpc) is 2.63. The second kappa shape index (κ2) is 6.95. The van der Waals surface area contributed by atoms with Gasteiger partial charge in [-0.2, -0.15) is 13.2 Å². The largest absolute Gasteiger partial charge is 0.416 e. The molecular formula is C22H24F3NO. The maximum atomic E-state index is 13.5. The number of halogens is 3. The van der Waals surface area contributed by atoms with Crippen LogP contribution in [-0.2, 0) is 18.3 Å². The van der Waals surface area contributed by atoms with Gasteiger partial charge in [0.25, 0.3) is 0 Å². The quantitative estimate of drug-likeness (QED) is 0.806. The van der Waals surface area contributed by atoms with Crippen molar-refractivity contribution in [2.24, 2.45) is 0 Å². The molecule has 1 N–H and O–H groups in total. The first-order valence-corrected chi connectivity index (χ1v) is 9.55. The molecule has 2 aromatic rings. The predicted molar refractivity (Wildman–Crippen MR) is 98.0 cm³/mol. The highest BCUT2D eigenvalue weighted by Gasteiger charge is 2.49. The van der Waals surface area contributed by atoms with Crippen LogP contribution in [0.5, 0.6) is 0 Å². The summed E-state index contributed by atoms with van der Waals surface area (Å²) in [7, 11) is 0. The van der Waals surface area contributed by atoms with Crippen molar-refractivity contribution in [3.05, 3.63) is 71.3 Å². The summed E-state index contributed by atoms with van der Waals surface area (Å²) in [4.78, 5) is 2.39. The molecule has 144 valence electrons. The van der Waals surface area contributed by atoms with Crippen LogP contribution in [0.2, 0.25) is 0 Å². The molecule has 2 aliphatic rings. The zero-order chi connectivity index (χ0) is 19.1. The predicted octanol–water partition coefficient (Wildman–Crippen LogP) is 5.11. The zero-order valence-electron chi connectivity index (χ0n) is 15.1. The molecule has 4 rings (SSSR count). The molecule has 2 saturated heterocycles. The summed E-state index contributed by atoms with van der Waals surface area (Å²) in [5.74, 6) is 0. The monoisotopic (exact) mass is 375 g/mol. The number of nitrogens with zero attached hydrogens (tertiary/aromatic N) is 1. The van der Waals surface area contributed by atoms with Crippen LogP contribution in [0.1, 0.15) is 48.8 Å². The van der Waals surface area contributed by atoms with Crippen LogP contribution in [-0.4, -0.2) is 22.1 Å². The van der Waals surface area contributed by atoms with E-state index in [1.165, 1.54) is 17.7 Å². The lowest BCUT2D eigenvalue weighted by Crippen LogP contribution is -2.56. The Morgan fingerprint density at radius 1 is 0.926 bits per heavy atom. The molecular weight excluding hydrogens is 351 g/mol. The van der Waals surface area contributed by atoms with E-state index < -0.39 is 17.3 Å². The molecule has 2 aromatic carbocycles. The Labute approximate surface area is 157 Å². The number of hydrogen-bond acceptors (Lipinski definition) is 2. The molecule has 0 saturated carbocycles. The van der Waals surface area contributed by atoms with Crippen LogP contribution < -0.4 is 0 Å². The molecule has 0 aromatic heterocycles. The first kappa shape index (κ1) is 18.5. The van der Waals surface area contributed by atoms with Crippen molar-refractivity contribution in [1.29, 1.82) is 0 Å². The van der Waals surface area contributed by atoms with Gasteiger partial charge in [0.2, 0.25) is 0 Å². The molecule has 0 spiro atoms. The minimum atomic E-state index is -4.46. The lowest BCUT2D eigenvalue weighted by molar-refractivity contribution is -0.145. The minimum Gasteiger partial charge on any atom is -0.385 e. The maximum absolute atomic E-state index is 13.5. The summed E-state index contributed by atoms with van der Waals surface area (Å²) < 4.78 is 40.5. The summed E-state index contributed by atoms with van der Waals surface area (Å²) in [6, 6.07) is 15.9. The van der Waals surface area contributed by atoms with E-state index in [4.69, 9.17) is 0 Å². The van der Waals surface area contributed by atoms with Gasteiger partial charge < -0.3 is 5.11 Å². The van der Waals surface area contributed by atoms with Crippen molar-refractivity contribution >= 4 is 0 Å². The van der Waals surface area contributed by atoms with E-state index in [2.05, 4.69) is 17.0 Å². The summed E-state index contributed by atoms with van der Waals surface area (Å²) in [5.41, 5.74) is -0.888. The summed E-state index contributed by atoms with van der Waals surface area (Å²) in [6.07, 6.45) is -0.854. The topological polar surface area (TPSA) is 23.5 Å². The van der Waals surface area contributed by atoms with E-state index in [0.717, 1.165) is 31.9 Å². The third kappa shape index (κ3) is 3.63. The molecule has 2 fully saturated rings. The number of benzene rings is 2. The van der Waals surface area contributed by atoms with Crippen LogP contribution >= 0.6 is 0 Å². The Morgan fingerprint density at radius 3 is 2.15 bits per heavy atom. The van der Waals surface area contributed by atoms with Gasteiger partial charge in [-0.3, -0.25) is 4.90 Å². The Bertz CT molecular complexity index is 776. The van der Waals surface area contributed by atoms with Gasteiger partial charge in [0.05, 0.1) is 11.2 Å². The standard InChI is InChI=1S/C22H24F3NO/c23-22(24,25)20-12-5-4-11-19(20)21(27)13-17-9-6-10-18(14-21)26(17)15-16-7-2-1-3-8-16/h1-5,7-8,11-12,17-18,27H,6,9-10,13-15H2. The van der Waals surface area contributed by atoms with Crippen LogP contribution in [0.3, 0.4) is 0 Å². The number of alkyl halides is 3. The molecule has 2 aliphatic heterocycles. The van der Waals surface area contributed by atoms with Crippen molar-refractivity contribution in [1.82, 2.24) is 4.90 Å². The first-order valence-electron chi connectivity index (χ1n) is 9.55. The molecule has 2 heterocycles. The smallest absolute Gasteiger partial charge is 0.385 e. The molecule has 2 unspecified atom stereocenters. The molecule has 0 aliphatic carbocycles. The lowest BCUT2D eigenvalue weighted by Gasteiger charge is -2.52. The number of rotatable bonds is 3. The minimum absolute atomic E-state index is 0.0359. The van der Waals surface area contributed by atoms with Gasteiger partial charge in [0.1, 0.15) is 0 Å². The van der Waals surface area contributed by atoms with Gasteiger partial charge in [-0.25, -0.2) is 0 Å². The fourth-order valence-corrected chi connectivity index (χ4v) is 4.93. The van der Waals surface area contributed by atoms with Crippen molar-refractivity contribution in [3.63, 3.8) is 0 Å². The van der Waals surface area contributed by atoms with Crippen molar-refractivity contribution in [2.75, 3.05) is 0 Å². The Balaban J connectivity index is 1.63. The highest BCUT2D eigenvalue weighted by molar-refractivity contribution is 5.36. The fraction of sp³-hybridized carbons (Fsp3) is 0.455. The summed E-state index contributed by atoms with van der Waals surface area (Å²) >= 11 is 0. The maximum Gasteiger partial charge on any atom is 0.416 e. The SMILES string of the molecule is OC1(c2ccccc2C(F)(F)F)CC2CCCC(C1)N2Cc1ccccc1. The normalized spacial score (nSPS) is 28.9. The average molecular weight is 375 g/mol.